The Hall–Kier alpha value is -3.03. The maximum Gasteiger partial charge on any atom is 0.325 e. The Morgan fingerprint density at radius 2 is 2.12 bits per heavy atom. The van der Waals surface area contributed by atoms with Crippen LogP contribution in [0.5, 0.6) is 6.01 Å². The van der Waals surface area contributed by atoms with Crippen LogP contribution in [0, 0.1) is 0 Å². The second-order valence-corrected chi connectivity index (χ2v) is 7.04. The number of carbonyl (C=O) groups is 3. The minimum atomic E-state index is -0.986. The maximum absolute atomic E-state index is 13.3. The van der Waals surface area contributed by atoms with E-state index in [0.717, 1.165) is 29.5 Å². The van der Waals surface area contributed by atoms with Crippen LogP contribution in [0.1, 0.15) is 36.9 Å². The molecule has 5 rings (SSSR count). The Bertz CT molecular complexity index is 1010. The van der Waals surface area contributed by atoms with Crippen molar-refractivity contribution in [2.45, 2.75) is 37.6 Å². The maximum atomic E-state index is 13.3. The van der Waals surface area contributed by atoms with Gasteiger partial charge in [0.15, 0.2) is 5.82 Å². The van der Waals surface area contributed by atoms with Crippen molar-refractivity contribution in [3.8, 4) is 17.4 Å². The molecule has 2 aliphatic heterocycles. The van der Waals surface area contributed by atoms with Crippen LogP contribution in [0.4, 0.5) is 0 Å². The lowest BCUT2D eigenvalue weighted by Crippen LogP contribution is -2.46. The summed E-state index contributed by atoms with van der Waals surface area (Å²) >= 11 is 0. The standard InChI is InChI=1S/C18H16N4O4/c1-9(23)26-17-20-19-14-11-7-3-5-10-6-4-8-18(12(10)11)13(22(14)17)15(24)21(2)16(18)25/h3,5,7,13H,4,6,8H2,1-2H3. The minimum absolute atomic E-state index is 0.0463. The molecule has 8 heteroatoms. The topological polar surface area (TPSA) is 94.4 Å². The van der Waals surface area contributed by atoms with Gasteiger partial charge in [0, 0.05) is 19.5 Å². The molecule has 2 amide bonds. The van der Waals surface area contributed by atoms with Gasteiger partial charge in [-0.15, -0.1) is 5.10 Å². The van der Waals surface area contributed by atoms with Crippen molar-refractivity contribution in [2.75, 3.05) is 7.05 Å². The molecule has 26 heavy (non-hydrogen) atoms. The first-order valence-electron chi connectivity index (χ1n) is 8.55. The third kappa shape index (κ3) is 1.57. The van der Waals surface area contributed by atoms with Crippen LogP contribution in [0.25, 0.3) is 11.4 Å². The van der Waals surface area contributed by atoms with Crippen LogP contribution < -0.4 is 4.74 Å². The van der Waals surface area contributed by atoms with Crippen LogP contribution in [0.3, 0.4) is 0 Å². The number of hydrogen-bond acceptors (Lipinski definition) is 6. The molecule has 132 valence electrons. The van der Waals surface area contributed by atoms with Gasteiger partial charge in [-0.05, 0) is 30.4 Å². The van der Waals surface area contributed by atoms with E-state index < -0.39 is 17.4 Å². The predicted octanol–water partition coefficient (Wildman–Crippen LogP) is 0.998. The lowest BCUT2D eigenvalue weighted by molar-refractivity contribution is -0.139. The van der Waals surface area contributed by atoms with Crippen molar-refractivity contribution in [3.05, 3.63) is 29.3 Å². The highest BCUT2D eigenvalue weighted by molar-refractivity contribution is 6.13. The summed E-state index contributed by atoms with van der Waals surface area (Å²) in [6, 6.07) is 4.94. The summed E-state index contributed by atoms with van der Waals surface area (Å²) in [5, 5.41) is 8.17. The van der Waals surface area contributed by atoms with Crippen molar-refractivity contribution in [1.82, 2.24) is 19.7 Å². The minimum Gasteiger partial charge on any atom is -0.391 e. The number of aryl methyl sites for hydroxylation is 1. The van der Waals surface area contributed by atoms with Crippen molar-refractivity contribution in [2.24, 2.45) is 0 Å². The second-order valence-electron chi connectivity index (χ2n) is 7.04. The van der Waals surface area contributed by atoms with Crippen LogP contribution in [-0.2, 0) is 26.2 Å². The van der Waals surface area contributed by atoms with Crippen LogP contribution in [0.15, 0.2) is 18.2 Å². The van der Waals surface area contributed by atoms with E-state index in [1.807, 2.05) is 18.2 Å². The predicted molar refractivity (Wildman–Crippen MR) is 88.2 cm³/mol. The van der Waals surface area contributed by atoms with E-state index in [1.54, 1.807) is 0 Å². The van der Waals surface area contributed by atoms with Gasteiger partial charge in [-0.2, -0.15) is 0 Å². The molecule has 3 aliphatic rings. The van der Waals surface area contributed by atoms with Crippen molar-refractivity contribution >= 4 is 17.8 Å². The number of carbonyl (C=O) groups excluding carboxylic acids is 3. The molecule has 1 aliphatic carbocycles. The van der Waals surface area contributed by atoms with Gasteiger partial charge in [-0.25, -0.2) is 0 Å². The van der Waals surface area contributed by atoms with Crippen LogP contribution in [-0.4, -0.2) is 44.5 Å². The van der Waals surface area contributed by atoms with Gasteiger partial charge in [0.2, 0.25) is 5.91 Å². The smallest absolute Gasteiger partial charge is 0.325 e. The molecule has 0 radical (unpaired) electrons. The Kier molecular flexibility index (Phi) is 2.80. The zero-order chi connectivity index (χ0) is 18.2. The fourth-order valence-corrected chi connectivity index (χ4v) is 4.82. The van der Waals surface area contributed by atoms with Crippen LogP contribution >= 0.6 is 0 Å². The number of likely N-dealkylation sites (tertiary alicyclic amines) is 1. The summed E-state index contributed by atoms with van der Waals surface area (Å²) in [5.41, 5.74) is 1.74. The Balaban J connectivity index is 1.90. The van der Waals surface area contributed by atoms with E-state index in [4.69, 9.17) is 4.74 Å². The molecule has 3 heterocycles. The van der Waals surface area contributed by atoms with E-state index in [9.17, 15) is 14.4 Å². The number of hydrogen-bond donors (Lipinski definition) is 0. The first-order chi connectivity index (χ1) is 12.5. The van der Waals surface area contributed by atoms with E-state index in [2.05, 4.69) is 10.2 Å². The van der Waals surface area contributed by atoms with Crippen molar-refractivity contribution < 1.29 is 19.1 Å². The highest BCUT2D eigenvalue weighted by Gasteiger charge is 2.65. The zero-order valence-electron chi connectivity index (χ0n) is 14.4. The largest absolute Gasteiger partial charge is 0.391 e. The third-order valence-electron chi connectivity index (χ3n) is 5.73. The number of esters is 1. The molecule has 1 aromatic heterocycles. The molecule has 2 atom stereocenters. The number of rotatable bonds is 1. The number of fused-ring (bicyclic) bond motifs is 3. The molecular weight excluding hydrogens is 336 g/mol. The summed E-state index contributed by atoms with van der Waals surface area (Å²) in [4.78, 5) is 39.0. The molecule has 1 fully saturated rings. The van der Waals surface area contributed by atoms with Gasteiger partial charge < -0.3 is 4.74 Å². The number of likely N-dealkylation sites (N-methyl/N-ethyl adjacent to an activating group) is 1. The SMILES string of the molecule is CC(=O)Oc1nnc2n1C1C(=O)N(C)C(=O)C13CCCc1cccc-2c13. The molecule has 8 nitrogen and oxygen atoms in total. The van der Waals surface area contributed by atoms with Crippen molar-refractivity contribution in [3.63, 3.8) is 0 Å². The molecule has 1 saturated heterocycles. The second kappa shape index (κ2) is 4.78. The number of benzene rings is 1. The average Bonchev–Trinajstić information content (AvgIpc) is 3.10. The summed E-state index contributed by atoms with van der Waals surface area (Å²) in [6.07, 6.45) is 2.22. The van der Waals surface area contributed by atoms with Gasteiger partial charge in [-0.3, -0.25) is 23.9 Å². The first-order valence-corrected chi connectivity index (χ1v) is 8.55. The quantitative estimate of drug-likeness (QED) is 0.561. The number of nitrogens with zero attached hydrogens (tertiary/aromatic N) is 4. The number of imide groups is 1. The Morgan fingerprint density at radius 3 is 2.88 bits per heavy atom. The lowest BCUT2D eigenvalue weighted by atomic mass is 9.63. The van der Waals surface area contributed by atoms with E-state index in [0.29, 0.717) is 12.2 Å². The molecule has 0 N–H and O–H groups in total. The van der Waals surface area contributed by atoms with Crippen LogP contribution in [0.2, 0.25) is 0 Å². The molecule has 2 aromatic rings. The summed E-state index contributed by atoms with van der Waals surface area (Å²) in [7, 11) is 1.50. The molecule has 0 bridgehead atoms. The number of ether oxygens (including phenoxy) is 1. The average molecular weight is 352 g/mol. The first kappa shape index (κ1) is 15.2. The van der Waals surface area contributed by atoms with Gasteiger partial charge >= 0.3 is 12.0 Å². The van der Waals surface area contributed by atoms with Crippen molar-refractivity contribution in [1.29, 1.82) is 0 Å². The lowest BCUT2D eigenvalue weighted by Gasteiger charge is -2.42. The Morgan fingerprint density at radius 1 is 1.31 bits per heavy atom. The molecular formula is C18H16N4O4. The normalized spacial score (nSPS) is 25.6. The van der Waals surface area contributed by atoms with Gasteiger partial charge in [-0.1, -0.05) is 23.3 Å². The number of amides is 2. The van der Waals surface area contributed by atoms with Gasteiger partial charge in [0.25, 0.3) is 5.91 Å². The monoisotopic (exact) mass is 352 g/mol. The Labute approximate surface area is 148 Å². The molecule has 2 unspecified atom stereocenters. The summed E-state index contributed by atoms with van der Waals surface area (Å²) in [6.45, 7) is 1.26. The fraction of sp³-hybridized carbons (Fsp3) is 0.389. The molecule has 0 saturated carbocycles. The summed E-state index contributed by atoms with van der Waals surface area (Å²) in [5.74, 6) is -0.638. The highest BCUT2D eigenvalue weighted by Crippen LogP contribution is 2.57. The molecule has 1 spiro atoms. The summed E-state index contributed by atoms with van der Waals surface area (Å²) < 4.78 is 6.73. The third-order valence-corrected chi connectivity index (χ3v) is 5.73. The molecule has 1 aromatic carbocycles. The fourth-order valence-electron chi connectivity index (χ4n) is 4.82. The van der Waals surface area contributed by atoms with Gasteiger partial charge in [0.1, 0.15) is 11.5 Å². The van der Waals surface area contributed by atoms with E-state index in [1.165, 1.54) is 23.4 Å². The van der Waals surface area contributed by atoms with E-state index in [-0.39, 0.29) is 17.8 Å². The highest BCUT2D eigenvalue weighted by atomic mass is 16.6. The zero-order valence-corrected chi connectivity index (χ0v) is 14.4. The number of aromatic nitrogens is 3. The van der Waals surface area contributed by atoms with Gasteiger partial charge in [0.05, 0.1) is 0 Å². The van der Waals surface area contributed by atoms with E-state index >= 15 is 0 Å².